The van der Waals surface area contributed by atoms with Crippen LogP contribution in [0.5, 0.6) is 0 Å². The van der Waals surface area contributed by atoms with Crippen molar-refractivity contribution in [2.24, 2.45) is 0 Å². The summed E-state index contributed by atoms with van der Waals surface area (Å²) in [6.45, 7) is 0. The Hall–Kier alpha value is -3.71. The summed E-state index contributed by atoms with van der Waals surface area (Å²) in [6.07, 6.45) is 0. The van der Waals surface area contributed by atoms with Crippen LogP contribution in [0, 0.1) is 5.82 Å². The van der Waals surface area contributed by atoms with Gasteiger partial charge >= 0.3 is 0 Å². The number of rotatable bonds is 5. The molecule has 0 heterocycles. The van der Waals surface area contributed by atoms with Crippen LogP contribution in [-0.4, -0.2) is 16.9 Å². The third kappa shape index (κ3) is 5.20. The summed E-state index contributed by atoms with van der Waals surface area (Å²) in [5.41, 5.74) is 0.973. The van der Waals surface area contributed by atoms with Crippen molar-refractivity contribution in [1.29, 1.82) is 0 Å². The summed E-state index contributed by atoms with van der Waals surface area (Å²) in [6, 6.07) is 25.5. The molecule has 0 radical (unpaired) electrons. The minimum Gasteiger partial charge on any atom is -0.372 e. The van der Waals surface area contributed by atoms with Crippen LogP contribution >= 0.6 is 23.2 Å². The van der Waals surface area contributed by atoms with Crippen molar-refractivity contribution in [3.63, 3.8) is 0 Å². The van der Waals surface area contributed by atoms with Gasteiger partial charge in [-0.3, -0.25) is 15.0 Å². The summed E-state index contributed by atoms with van der Waals surface area (Å²) < 4.78 is 14.0. The molecule has 176 valence electrons. The number of benzene rings is 4. The Morgan fingerprint density at radius 3 is 1.83 bits per heavy atom. The summed E-state index contributed by atoms with van der Waals surface area (Å²) >= 11 is 12.0. The molecule has 2 amide bonds. The van der Waals surface area contributed by atoms with Crippen LogP contribution in [-0.2, 0) is 10.4 Å². The Labute approximate surface area is 211 Å². The highest BCUT2D eigenvalue weighted by Crippen LogP contribution is 2.32. The Balaban J connectivity index is 1.80. The van der Waals surface area contributed by atoms with Crippen LogP contribution in [0.3, 0.4) is 0 Å². The van der Waals surface area contributed by atoms with E-state index in [2.05, 4.69) is 5.43 Å². The van der Waals surface area contributed by atoms with E-state index in [1.807, 2.05) is 0 Å². The van der Waals surface area contributed by atoms with Crippen LogP contribution < -0.4 is 10.4 Å². The number of carbonyl (C=O) groups is 2. The van der Waals surface area contributed by atoms with E-state index in [-0.39, 0.29) is 22.4 Å². The smallest absolute Gasteiger partial charge is 0.280 e. The van der Waals surface area contributed by atoms with Gasteiger partial charge in [-0.1, -0.05) is 71.7 Å². The lowest BCUT2D eigenvalue weighted by atomic mass is 9.85. The number of hydrogen-bond donors (Lipinski definition) is 2. The van der Waals surface area contributed by atoms with Gasteiger partial charge in [0.2, 0.25) is 0 Å². The van der Waals surface area contributed by atoms with Crippen molar-refractivity contribution < 1.29 is 19.1 Å². The summed E-state index contributed by atoms with van der Waals surface area (Å²) in [4.78, 5) is 27.1. The maximum Gasteiger partial charge on any atom is 0.280 e. The number of aliphatic hydroxyl groups is 1. The van der Waals surface area contributed by atoms with Gasteiger partial charge in [-0.2, -0.15) is 0 Å². The van der Waals surface area contributed by atoms with E-state index < -0.39 is 23.2 Å². The van der Waals surface area contributed by atoms with Crippen LogP contribution in [0.15, 0.2) is 103 Å². The van der Waals surface area contributed by atoms with Crippen LogP contribution in [0.4, 0.5) is 10.1 Å². The van der Waals surface area contributed by atoms with E-state index in [1.165, 1.54) is 66.7 Å². The number of halogens is 3. The molecule has 4 aromatic carbocycles. The van der Waals surface area contributed by atoms with Gasteiger partial charge in [-0.05, 0) is 65.7 Å². The number of anilines is 1. The molecule has 0 bridgehead atoms. The third-order valence-corrected chi connectivity index (χ3v) is 5.86. The van der Waals surface area contributed by atoms with E-state index in [0.29, 0.717) is 10.0 Å². The molecule has 0 atom stereocenters. The minimum absolute atomic E-state index is 0.0711. The van der Waals surface area contributed by atoms with Crippen LogP contribution in [0.25, 0.3) is 0 Å². The van der Waals surface area contributed by atoms with Crippen LogP contribution in [0.2, 0.25) is 10.0 Å². The molecule has 0 aliphatic carbocycles. The van der Waals surface area contributed by atoms with E-state index in [1.54, 1.807) is 30.3 Å². The molecule has 0 fully saturated rings. The van der Waals surface area contributed by atoms with Crippen molar-refractivity contribution in [2.75, 3.05) is 5.01 Å². The third-order valence-electron chi connectivity index (χ3n) is 5.36. The summed E-state index contributed by atoms with van der Waals surface area (Å²) in [5, 5.41) is 13.5. The fraction of sp³-hybridized carbons (Fsp3) is 0.0370. The number of hydrogen-bond acceptors (Lipinski definition) is 3. The number of nitrogens with one attached hydrogen (secondary N) is 1. The molecule has 0 aliphatic heterocycles. The highest BCUT2D eigenvalue weighted by Gasteiger charge is 2.41. The molecule has 35 heavy (non-hydrogen) atoms. The predicted octanol–water partition coefficient (Wildman–Crippen LogP) is 5.75. The molecular formula is C27H19Cl2FN2O3. The van der Waals surface area contributed by atoms with E-state index in [9.17, 15) is 19.1 Å². The average Bonchev–Trinajstić information content (AvgIpc) is 2.87. The van der Waals surface area contributed by atoms with E-state index >= 15 is 0 Å². The molecule has 0 unspecified atom stereocenters. The molecule has 4 aromatic rings. The normalized spacial score (nSPS) is 11.1. The molecule has 0 saturated carbocycles. The van der Waals surface area contributed by atoms with Crippen molar-refractivity contribution in [3.8, 4) is 0 Å². The zero-order valence-electron chi connectivity index (χ0n) is 18.2. The molecule has 5 nitrogen and oxygen atoms in total. The molecule has 0 aromatic heterocycles. The molecule has 0 spiro atoms. The predicted molar refractivity (Wildman–Crippen MR) is 134 cm³/mol. The molecule has 0 aliphatic rings. The van der Waals surface area contributed by atoms with Gasteiger partial charge in [-0.25, -0.2) is 9.40 Å². The van der Waals surface area contributed by atoms with Gasteiger partial charge in [0, 0.05) is 15.6 Å². The lowest BCUT2D eigenvalue weighted by molar-refractivity contribution is -0.136. The van der Waals surface area contributed by atoms with Crippen molar-refractivity contribution in [1.82, 2.24) is 5.43 Å². The number of hydrazine groups is 1. The monoisotopic (exact) mass is 508 g/mol. The van der Waals surface area contributed by atoms with Gasteiger partial charge < -0.3 is 5.11 Å². The zero-order chi connectivity index (χ0) is 25.0. The first kappa shape index (κ1) is 24.4. The molecular weight excluding hydrogens is 490 g/mol. The largest absolute Gasteiger partial charge is 0.372 e. The van der Waals surface area contributed by atoms with Crippen LogP contribution in [0.1, 0.15) is 21.5 Å². The van der Waals surface area contributed by atoms with Gasteiger partial charge in [0.25, 0.3) is 11.8 Å². The van der Waals surface area contributed by atoms with Crippen molar-refractivity contribution >= 4 is 40.7 Å². The quantitative estimate of drug-likeness (QED) is 0.337. The van der Waals surface area contributed by atoms with Gasteiger partial charge in [0.15, 0.2) is 5.60 Å². The van der Waals surface area contributed by atoms with Crippen molar-refractivity contribution in [2.45, 2.75) is 5.60 Å². The first-order chi connectivity index (χ1) is 16.8. The highest BCUT2D eigenvalue weighted by atomic mass is 35.5. The Kier molecular flexibility index (Phi) is 7.17. The maximum atomic E-state index is 14.0. The van der Waals surface area contributed by atoms with Gasteiger partial charge in [-0.15, -0.1) is 0 Å². The van der Waals surface area contributed by atoms with Crippen molar-refractivity contribution in [3.05, 3.63) is 136 Å². The Morgan fingerprint density at radius 2 is 1.31 bits per heavy atom. The minimum atomic E-state index is -2.24. The highest BCUT2D eigenvalue weighted by molar-refractivity contribution is 6.30. The number of nitrogens with zero attached hydrogens (tertiary/aromatic N) is 1. The molecule has 0 saturated heterocycles. The SMILES string of the molecule is O=C(c1ccccc1)N(NC(=O)C(O)(c1ccc(Cl)cc1)c1ccc(Cl)cc1)c1cccc(F)c1. The topological polar surface area (TPSA) is 69.6 Å². The zero-order valence-corrected chi connectivity index (χ0v) is 19.7. The Bertz CT molecular complexity index is 1300. The second kappa shape index (κ2) is 10.3. The number of carbonyl (C=O) groups excluding carboxylic acids is 2. The molecule has 8 heteroatoms. The lowest BCUT2D eigenvalue weighted by Gasteiger charge is -2.32. The van der Waals surface area contributed by atoms with Gasteiger partial charge in [0.05, 0.1) is 5.69 Å². The summed E-state index contributed by atoms with van der Waals surface area (Å²) in [7, 11) is 0. The summed E-state index contributed by atoms with van der Waals surface area (Å²) in [5.74, 6) is -2.18. The Morgan fingerprint density at radius 1 is 0.771 bits per heavy atom. The standard InChI is InChI=1S/C27H19Cl2FN2O3/c28-21-13-9-19(10-14-21)27(35,20-11-15-22(29)16-12-20)26(34)31-32(24-8-4-7-23(30)17-24)25(33)18-5-2-1-3-6-18/h1-17,35H,(H,31,34). The molecule has 4 rings (SSSR count). The average molecular weight is 509 g/mol. The lowest BCUT2D eigenvalue weighted by Crippen LogP contribution is -2.54. The fourth-order valence-electron chi connectivity index (χ4n) is 3.55. The first-order valence-corrected chi connectivity index (χ1v) is 11.3. The fourth-order valence-corrected chi connectivity index (χ4v) is 3.80. The molecule has 2 N–H and O–H groups in total. The first-order valence-electron chi connectivity index (χ1n) is 10.5. The van der Waals surface area contributed by atoms with E-state index in [4.69, 9.17) is 23.2 Å². The second-order valence-corrected chi connectivity index (χ2v) is 8.52. The number of amides is 2. The van der Waals surface area contributed by atoms with Gasteiger partial charge in [0.1, 0.15) is 5.82 Å². The maximum absolute atomic E-state index is 14.0. The van der Waals surface area contributed by atoms with E-state index in [0.717, 1.165) is 11.1 Å². The second-order valence-electron chi connectivity index (χ2n) is 7.65.